The molecular weight excluding hydrogens is 370 g/mol. The summed E-state index contributed by atoms with van der Waals surface area (Å²) < 4.78 is 2.05. The van der Waals surface area contributed by atoms with E-state index in [1.807, 2.05) is 24.8 Å². The Labute approximate surface area is 176 Å². The molecule has 6 rings (SSSR count). The van der Waals surface area contributed by atoms with Crippen LogP contribution in [-0.2, 0) is 0 Å². The van der Waals surface area contributed by atoms with E-state index in [0.717, 1.165) is 42.3 Å². The van der Waals surface area contributed by atoms with Gasteiger partial charge in [-0.2, -0.15) is 0 Å². The molecule has 1 N–H and O–H groups in total. The third-order valence-corrected chi connectivity index (χ3v) is 7.32. The lowest BCUT2D eigenvalue weighted by Gasteiger charge is -2.33. The number of hydrogen-bond donors (Lipinski definition) is 1. The number of pyridine rings is 2. The summed E-state index contributed by atoms with van der Waals surface area (Å²) >= 11 is 0. The Kier molecular flexibility index (Phi) is 4.34. The third-order valence-electron chi connectivity index (χ3n) is 7.32. The van der Waals surface area contributed by atoms with Crippen LogP contribution in [0, 0.1) is 5.92 Å². The molecule has 4 heteroatoms. The average Bonchev–Trinajstić information content (AvgIpc) is 3.54. The Hall–Kier alpha value is -2.72. The normalized spacial score (nSPS) is 23.1. The molecule has 0 saturated heterocycles. The molecule has 3 heterocycles. The molecule has 0 unspecified atom stereocenters. The molecule has 3 aromatic heterocycles. The van der Waals surface area contributed by atoms with E-state index < -0.39 is 6.10 Å². The van der Waals surface area contributed by atoms with E-state index in [1.165, 1.54) is 29.4 Å². The van der Waals surface area contributed by atoms with Gasteiger partial charge in [-0.3, -0.25) is 4.98 Å². The standard InChI is InChI=1S/C26H27N3O/c30-26(25-21(18-6-7-18)12-14-29-16-27-15-24(25)29)19-10-8-17(9-11-19)20-3-1-5-23-22(20)4-2-13-28-23/h1-5,12-19,26,30H,6-11H2/t17-,19-,26-/m1/s1. The smallest absolute Gasteiger partial charge is 0.0992 e. The second kappa shape index (κ2) is 7.21. The van der Waals surface area contributed by atoms with Gasteiger partial charge < -0.3 is 9.51 Å². The van der Waals surface area contributed by atoms with Crippen molar-refractivity contribution in [3.8, 4) is 0 Å². The number of rotatable bonds is 4. The van der Waals surface area contributed by atoms with Gasteiger partial charge in [-0.15, -0.1) is 0 Å². The molecule has 1 atom stereocenters. The van der Waals surface area contributed by atoms with Crippen molar-refractivity contribution in [3.05, 3.63) is 78.0 Å². The van der Waals surface area contributed by atoms with Gasteiger partial charge >= 0.3 is 0 Å². The summed E-state index contributed by atoms with van der Waals surface area (Å²) in [4.78, 5) is 8.86. The van der Waals surface area contributed by atoms with E-state index >= 15 is 0 Å². The summed E-state index contributed by atoms with van der Waals surface area (Å²) in [5.74, 6) is 1.48. The second-order valence-corrected chi connectivity index (χ2v) is 9.12. The first-order valence-electron chi connectivity index (χ1n) is 11.3. The highest BCUT2D eigenvalue weighted by atomic mass is 16.3. The van der Waals surface area contributed by atoms with Crippen LogP contribution in [0.2, 0.25) is 0 Å². The van der Waals surface area contributed by atoms with Gasteiger partial charge in [0.2, 0.25) is 0 Å². The molecule has 152 valence electrons. The molecule has 4 aromatic rings. The average molecular weight is 398 g/mol. The van der Waals surface area contributed by atoms with Crippen molar-refractivity contribution in [2.45, 2.75) is 56.5 Å². The zero-order valence-electron chi connectivity index (χ0n) is 17.1. The molecule has 2 aliphatic carbocycles. The molecule has 0 radical (unpaired) electrons. The van der Waals surface area contributed by atoms with Crippen LogP contribution in [0.4, 0.5) is 0 Å². The van der Waals surface area contributed by atoms with Gasteiger partial charge in [0, 0.05) is 23.3 Å². The zero-order chi connectivity index (χ0) is 20.1. The van der Waals surface area contributed by atoms with Crippen LogP contribution in [0.3, 0.4) is 0 Å². The lowest BCUT2D eigenvalue weighted by atomic mass is 9.74. The van der Waals surface area contributed by atoms with Crippen molar-refractivity contribution in [3.63, 3.8) is 0 Å². The lowest BCUT2D eigenvalue weighted by molar-refractivity contribution is 0.0811. The van der Waals surface area contributed by atoms with E-state index in [4.69, 9.17) is 0 Å². The molecule has 2 saturated carbocycles. The SMILES string of the molecule is O[C@@H](c1c(C2CC2)ccn2cncc12)[C@H]1CC[C@H](c2cccc3ncccc32)CC1. The van der Waals surface area contributed by atoms with Crippen LogP contribution in [0.1, 0.15) is 73.2 Å². The molecule has 1 aromatic carbocycles. The van der Waals surface area contributed by atoms with Crippen molar-refractivity contribution >= 4 is 16.4 Å². The van der Waals surface area contributed by atoms with Gasteiger partial charge in [0.1, 0.15) is 0 Å². The highest BCUT2D eigenvalue weighted by Gasteiger charge is 2.34. The van der Waals surface area contributed by atoms with Crippen molar-refractivity contribution in [2.75, 3.05) is 0 Å². The first-order valence-corrected chi connectivity index (χ1v) is 11.3. The van der Waals surface area contributed by atoms with Crippen molar-refractivity contribution in [1.82, 2.24) is 14.4 Å². The minimum absolute atomic E-state index is 0.313. The largest absolute Gasteiger partial charge is 0.388 e. The second-order valence-electron chi connectivity index (χ2n) is 9.12. The predicted octanol–water partition coefficient (Wildman–Crippen LogP) is 5.77. The number of aliphatic hydroxyl groups is 1. The molecular formula is C26H27N3O. The number of imidazole rings is 1. The Bertz CT molecular complexity index is 1200. The molecule has 0 aliphatic heterocycles. The Balaban J connectivity index is 1.27. The van der Waals surface area contributed by atoms with Gasteiger partial charge in [-0.1, -0.05) is 18.2 Å². The van der Waals surface area contributed by atoms with E-state index in [-0.39, 0.29) is 0 Å². The van der Waals surface area contributed by atoms with Gasteiger partial charge in [0.15, 0.2) is 0 Å². The van der Waals surface area contributed by atoms with Crippen LogP contribution in [-0.4, -0.2) is 19.5 Å². The van der Waals surface area contributed by atoms with Gasteiger partial charge in [0.25, 0.3) is 0 Å². The predicted molar refractivity (Wildman–Crippen MR) is 119 cm³/mol. The van der Waals surface area contributed by atoms with Crippen molar-refractivity contribution in [2.24, 2.45) is 5.92 Å². The van der Waals surface area contributed by atoms with Crippen LogP contribution in [0.25, 0.3) is 16.4 Å². The Morgan fingerprint density at radius 3 is 2.53 bits per heavy atom. The summed E-state index contributed by atoms with van der Waals surface area (Å²) in [6.45, 7) is 0. The minimum atomic E-state index is -0.406. The maximum atomic E-state index is 11.5. The first-order chi connectivity index (χ1) is 14.8. The fourth-order valence-corrected chi connectivity index (χ4v) is 5.57. The van der Waals surface area contributed by atoms with Gasteiger partial charge in [-0.05, 0) is 85.6 Å². The summed E-state index contributed by atoms with van der Waals surface area (Å²) in [5.41, 5.74) is 6.06. The lowest BCUT2D eigenvalue weighted by Crippen LogP contribution is -2.21. The van der Waals surface area contributed by atoms with Crippen LogP contribution >= 0.6 is 0 Å². The molecule has 4 nitrogen and oxygen atoms in total. The number of benzene rings is 1. The van der Waals surface area contributed by atoms with E-state index in [2.05, 4.69) is 50.9 Å². The van der Waals surface area contributed by atoms with Crippen LogP contribution < -0.4 is 0 Å². The van der Waals surface area contributed by atoms with E-state index in [9.17, 15) is 5.11 Å². The Morgan fingerprint density at radius 1 is 0.900 bits per heavy atom. The van der Waals surface area contributed by atoms with E-state index in [0.29, 0.717) is 17.8 Å². The Morgan fingerprint density at radius 2 is 1.70 bits per heavy atom. The van der Waals surface area contributed by atoms with Crippen molar-refractivity contribution in [1.29, 1.82) is 0 Å². The zero-order valence-corrected chi connectivity index (χ0v) is 17.1. The molecule has 0 bridgehead atoms. The van der Waals surface area contributed by atoms with Gasteiger partial charge in [-0.25, -0.2) is 4.98 Å². The maximum Gasteiger partial charge on any atom is 0.0992 e. The monoisotopic (exact) mass is 397 g/mol. The maximum absolute atomic E-state index is 11.5. The van der Waals surface area contributed by atoms with Crippen LogP contribution in [0.15, 0.2) is 61.3 Å². The van der Waals surface area contributed by atoms with Crippen molar-refractivity contribution < 1.29 is 5.11 Å². The highest BCUT2D eigenvalue weighted by molar-refractivity contribution is 5.82. The number of nitrogens with zero attached hydrogens (tertiary/aromatic N) is 3. The molecule has 0 amide bonds. The van der Waals surface area contributed by atoms with E-state index in [1.54, 1.807) is 0 Å². The van der Waals surface area contributed by atoms with Gasteiger partial charge in [0.05, 0.1) is 29.7 Å². The summed E-state index contributed by atoms with van der Waals surface area (Å²) in [6, 6.07) is 12.9. The number of hydrogen-bond acceptors (Lipinski definition) is 3. The molecule has 2 aliphatic rings. The summed E-state index contributed by atoms with van der Waals surface area (Å²) in [7, 11) is 0. The fourth-order valence-electron chi connectivity index (χ4n) is 5.57. The summed E-state index contributed by atoms with van der Waals surface area (Å²) in [6.07, 6.45) is 14.2. The number of aromatic nitrogens is 3. The minimum Gasteiger partial charge on any atom is -0.388 e. The summed E-state index contributed by atoms with van der Waals surface area (Å²) in [5, 5.41) is 12.8. The topological polar surface area (TPSA) is 50.4 Å². The highest BCUT2D eigenvalue weighted by Crippen LogP contribution is 2.48. The molecule has 2 fully saturated rings. The fraction of sp³-hybridized carbons (Fsp3) is 0.385. The van der Waals surface area contributed by atoms with Crippen LogP contribution in [0.5, 0.6) is 0 Å². The quantitative estimate of drug-likeness (QED) is 0.476. The third kappa shape index (κ3) is 3.02. The first kappa shape index (κ1) is 18.1. The number of fused-ring (bicyclic) bond motifs is 2. The molecule has 0 spiro atoms. The number of aliphatic hydroxyl groups excluding tert-OH is 1. The molecule has 30 heavy (non-hydrogen) atoms.